The Balaban J connectivity index is 1.70. The lowest BCUT2D eigenvalue weighted by molar-refractivity contribution is -0.120. The fourth-order valence-electron chi connectivity index (χ4n) is 2.92. The quantitative estimate of drug-likeness (QED) is 0.854. The number of carbonyl (C=O) groups is 1. The summed E-state index contributed by atoms with van der Waals surface area (Å²) in [5.41, 5.74) is 1.00. The van der Waals surface area contributed by atoms with Gasteiger partial charge in [0.2, 0.25) is 5.91 Å². The van der Waals surface area contributed by atoms with Crippen LogP contribution < -0.4 is 5.32 Å². The Morgan fingerprint density at radius 1 is 1.35 bits per heavy atom. The van der Waals surface area contributed by atoms with Gasteiger partial charge in [-0.1, -0.05) is 6.07 Å². The van der Waals surface area contributed by atoms with Crippen LogP contribution in [0.4, 0.5) is 5.82 Å². The van der Waals surface area contributed by atoms with Crippen molar-refractivity contribution in [3.8, 4) is 0 Å². The van der Waals surface area contributed by atoms with Crippen LogP contribution >= 0.6 is 0 Å². The van der Waals surface area contributed by atoms with Crippen molar-refractivity contribution in [2.24, 2.45) is 5.92 Å². The minimum atomic E-state index is -3.69. The fourth-order valence-corrected chi connectivity index (χ4v) is 4.38. The van der Waals surface area contributed by atoms with Gasteiger partial charge >= 0.3 is 0 Å². The topological polar surface area (TPSA) is 97.2 Å². The first-order valence-electron chi connectivity index (χ1n) is 8.65. The Morgan fingerprint density at radius 3 is 2.81 bits per heavy atom. The summed E-state index contributed by atoms with van der Waals surface area (Å²) in [5.74, 6) is -0.141. The second kappa shape index (κ2) is 7.55. The number of nitrogens with zero attached hydrogens (tertiary/aromatic N) is 4. The molecule has 9 heteroatoms. The predicted molar refractivity (Wildman–Crippen MR) is 97.0 cm³/mol. The van der Waals surface area contributed by atoms with Crippen LogP contribution in [0, 0.1) is 12.8 Å². The molecule has 0 unspecified atom stereocenters. The van der Waals surface area contributed by atoms with E-state index in [0.29, 0.717) is 31.7 Å². The van der Waals surface area contributed by atoms with Crippen molar-refractivity contribution in [2.75, 3.05) is 18.4 Å². The zero-order valence-electron chi connectivity index (χ0n) is 14.9. The van der Waals surface area contributed by atoms with Crippen molar-refractivity contribution in [1.29, 1.82) is 0 Å². The highest BCUT2D eigenvalue weighted by atomic mass is 32.2. The number of nitrogens with one attached hydrogen (secondary N) is 1. The van der Waals surface area contributed by atoms with Gasteiger partial charge in [-0.05, 0) is 38.3 Å². The fraction of sp³-hybridized carbons (Fsp3) is 0.471. The summed E-state index contributed by atoms with van der Waals surface area (Å²) in [6.45, 7) is 5.03. The van der Waals surface area contributed by atoms with Crippen molar-refractivity contribution in [3.05, 3.63) is 36.4 Å². The first-order chi connectivity index (χ1) is 12.4. The van der Waals surface area contributed by atoms with E-state index in [9.17, 15) is 13.2 Å². The van der Waals surface area contributed by atoms with Gasteiger partial charge < -0.3 is 9.88 Å². The molecule has 3 heterocycles. The molecule has 0 saturated carbocycles. The largest absolute Gasteiger partial charge is 0.336 e. The predicted octanol–water partition coefficient (Wildman–Crippen LogP) is 1.65. The van der Waals surface area contributed by atoms with E-state index in [1.165, 1.54) is 16.8 Å². The Morgan fingerprint density at radius 2 is 2.15 bits per heavy atom. The molecule has 1 saturated heterocycles. The third-order valence-electron chi connectivity index (χ3n) is 4.50. The van der Waals surface area contributed by atoms with Gasteiger partial charge in [0.1, 0.15) is 5.82 Å². The number of hydrogen-bond donors (Lipinski definition) is 1. The Labute approximate surface area is 153 Å². The highest BCUT2D eigenvalue weighted by Crippen LogP contribution is 2.24. The lowest BCUT2D eigenvalue weighted by Crippen LogP contribution is -2.43. The van der Waals surface area contributed by atoms with Crippen LogP contribution in [-0.4, -0.2) is 46.3 Å². The maximum Gasteiger partial charge on any atom is 0.262 e. The van der Waals surface area contributed by atoms with E-state index in [2.05, 4.69) is 15.3 Å². The van der Waals surface area contributed by atoms with Crippen LogP contribution in [0.25, 0.3) is 0 Å². The van der Waals surface area contributed by atoms with E-state index in [0.717, 1.165) is 5.56 Å². The molecule has 140 valence electrons. The zero-order chi connectivity index (χ0) is 18.7. The molecule has 1 amide bonds. The Kier molecular flexibility index (Phi) is 5.38. The van der Waals surface area contributed by atoms with Gasteiger partial charge in [-0.15, -0.1) is 0 Å². The minimum Gasteiger partial charge on any atom is -0.336 e. The average molecular weight is 377 g/mol. The monoisotopic (exact) mass is 377 g/mol. The number of amides is 1. The summed E-state index contributed by atoms with van der Waals surface area (Å²) in [5, 5.41) is 2.80. The number of pyridine rings is 1. The molecular weight excluding hydrogens is 354 g/mol. The molecule has 1 atom stereocenters. The number of hydrogen-bond acceptors (Lipinski definition) is 5. The molecule has 0 aromatic carbocycles. The number of aromatic nitrogens is 3. The lowest BCUT2D eigenvalue weighted by Gasteiger charge is -2.30. The summed E-state index contributed by atoms with van der Waals surface area (Å²) in [7, 11) is -3.69. The molecule has 0 radical (unpaired) electrons. The van der Waals surface area contributed by atoms with Gasteiger partial charge in [-0.3, -0.25) is 4.79 Å². The highest BCUT2D eigenvalue weighted by molar-refractivity contribution is 7.89. The van der Waals surface area contributed by atoms with Crippen LogP contribution in [0.1, 0.15) is 25.3 Å². The van der Waals surface area contributed by atoms with Gasteiger partial charge in [0.05, 0.1) is 12.2 Å². The van der Waals surface area contributed by atoms with Crippen molar-refractivity contribution in [2.45, 2.75) is 38.3 Å². The summed E-state index contributed by atoms with van der Waals surface area (Å²) >= 11 is 0. The molecular formula is C17H23N5O3S. The van der Waals surface area contributed by atoms with E-state index in [1.54, 1.807) is 16.8 Å². The summed E-state index contributed by atoms with van der Waals surface area (Å²) in [6, 6.07) is 3.60. The van der Waals surface area contributed by atoms with Crippen LogP contribution in [-0.2, 0) is 21.4 Å². The second-order valence-electron chi connectivity index (χ2n) is 6.45. The first-order valence-corrected chi connectivity index (χ1v) is 10.1. The van der Waals surface area contributed by atoms with Crippen molar-refractivity contribution in [3.63, 3.8) is 0 Å². The van der Waals surface area contributed by atoms with E-state index < -0.39 is 15.9 Å². The normalized spacial score (nSPS) is 18.6. The maximum atomic E-state index is 12.8. The number of imidazole rings is 1. The number of piperidine rings is 1. The number of carbonyl (C=O) groups excluding carboxylic acids is 1. The van der Waals surface area contributed by atoms with Crippen molar-refractivity contribution < 1.29 is 13.2 Å². The van der Waals surface area contributed by atoms with E-state index in [-0.39, 0.29) is 17.5 Å². The van der Waals surface area contributed by atoms with Crippen LogP contribution in [0.15, 0.2) is 35.9 Å². The molecule has 1 aliphatic heterocycles. The van der Waals surface area contributed by atoms with Crippen molar-refractivity contribution in [1.82, 2.24) is 18.8 Å². The number of aryl methyl sites for hydroxylation is 2. The summed E-state index contributed by atoms with van der Waals surface area (Å²) < 4.78 is 28.6. The van der Waals surface area contributed by atoms with Gasteiger partial charge in [0.25, 0.3) is 10.0 Å². The summed E-state index contributed by atoms with van der Waals surface area (Å²) in [6.07, 6.45) is 5.98. The number of rotatable bonds is 5. The lowest BCUT2D eigenvalue weighted by atomic mass is 9.99. The summed E-state index contributed by atoms with van der Waals surface area (Å²) in [4.78, 5) is 20.7. The number of anilines is 1. The van der Waals surface area contributed by atoms with Gasteiger partial charge in [0.15, 0.2) is 5.03 Å². The van der Waals surface area contributed by atoms with E-state index >= 15 is 0 Å². The van der Waals surface area contributed by atoms with Gasteiger partial charge in [-0.2, -0.15) is 4.31 Å². The minimum absolute atomic E-state index is 0.0283. The standard InChI is InChI=1S/C17H23N5O3S/c1-3-21-11-16(19-12-21)26(24,25)22-8-4-5-14(10-22)17(23)20-15-7-6-13(2)9-18-15/h6-7,9,11-12,14H,3-5,8,10H2,1-2H3,(H,18,20,23)/t14-/m1/s1. The number of sulfonamides is 1. The van der Waals surface area contributed by atoms with Crippen LogP contribution in [0.3, 0.4) is 0 Å². The molecule has 1 fully saturated rings. The van der Waals surface area contributed by atoms with E-state index in [1.807, 2.05) is 19.9 Å². The molecule has 0 aliphatic carbocycles. The zero-order valence-corrected chi connectivity index (χ0v) is 15.7. The van der Waals surface area contributed by atoms with Crippen LogP contribution in [0.2, 0.25) is 0 Å². The third kappa shape index (κ3) is 3.94. The molecule has 0 spiro atoms. The Hall–Kier alpha value is -2.26. The van der Waals surface area contributed by atoms with Gasteiger partial charge in [0, 0.05) is 32.0 Å². The molecule has 0 bridgehead atoms. The Bertz CT molecular complexity index is 876. The first kappa shape index (κ1) is 18.5. The third-order valence-corrected chi connectivity index (χ3v) is 6.25. The van der Waals surface area contributed by atoms with E-state index in [4.69, 9.17) is 0 Å². The second-order valence-corrected chi connectivity index (χ2v) is 8.34. The average Bonchev–Trinajstić information content (AvgIpc) is 3.14. The van der Waals surface area contributed by atoms with Crippen LogP contribution in [0.5, 0.6) is 0 Å². The molecule has 8 nitrogen and oxygen atoms in total. The van der Waals surface area contributed by atoms with Gasteiger partial charge in [-0.25, -0.2) is 18.4 Å². The van der Waals surface area contributed by atoms with Crippen molar-refractivity contribution >= 4 is 21.7 Å². The molecule has 1 aliphatic rings. The molecule has 2 aromatic heterocycles. The maximum absolute atomic E-state index is 12.8. The smallest absolute Gasteiger partial charge is 0.262 e. The molecule has 3 rings (SSSR count). The highest BCUT2D eigenvalue weighted by Gasteiger charge is 2.34. The molecule has 1 N–H and O–H groups in total. The molecule has 2 aromatic rings. The SMILES string of the molecule is CCn1cnc(S(=O)(=O)N2CCC[C@@H](C(=O)Nc3ccc(C)cn3)C2)c1. The molecule has 26 heavy (non-hydrogen) atoms.